The molecular weight excluding hydrogens is 779 g/mol. The van der Waals surface area contributed by atoms with Gasteiger partial charge in [0.05, 0.1) is 45.8 Å². The van der Waals surface area contributed by atoms with Gasteiger partial charge in [0.2, 0.25) is 0 Å². The minimum absolute atomic E-state index is 0.551. The van der Waals surface area contributed by atoms with E-state index in [4.69, 9.17) is 9.97 Å². The first-order valence-corrected chi connectivity index (χ1v) is 21.6. The van der Waals surface area contributed by atoms with Crippen molar-refractivity contribution in [2.75, 3.05) is 0 Å². The quantitative estimate of drug-likeness (QED) is 0.163. The fourth-order valence-corrected chi connectivity index (χ4v) is 11.2. The predicted octanol–water partition coefficient (Wildman–Crippen LogP) is 15.0. The SMILES string of the molecule is N#Cc1c(-n2c3cccc4c5ccccc5c5cncc2c5c43)c(-c2ccccc2)c(-c2ccccc2)c(-c2ccccc2)c1-n1c2cccc3c4ccccc4c4cncc1c4c32. The average Bonchev–Trinajstić information content (AvgIpc) is 3.89. The summed E-state index contributed by atoms with van der Waals surface area (Å²) < 4.78 is 4.69. The Bertz CT molecular complexity index is 3810. The van der Waals surface area contributed by atoms with Crippen LogP contribution >= 0.6 is 0 Å². The van der Waals surface area contributed by atoms with Crippen LogP contribution in [0.5, 0.6) is 0 Å². The lowest BCUT2D eigenvalue weighted by Gasteiger charge is -2.27. The number of aromatic nitrogens is 4. The lowest BCUT2D eigenvalue weighted by atomic mass is 9.82. The van der Waals surface area contributed by atoms with Gasteiger partial charge in [0.1, 0.15) is 11.6 Å². The Kier molecular flexibility index (Phi) is 7.12. The monoisotopic (exact) mass is 811 g/mol. The zero-order chi connectivity index (χ0) is 42.0. The normalized spacial score (nSPS) is 12.0. The number of nitriles is 1. The summed E-state index contributed by atoms with van der Waals surface area (Å²) >= 11 is 0. The largest absolute Gasteiger partial charge is 0.306 e. The van der Waals surface area contributed by atoms with Gasteiger partial charge >= 0.3 is 0 Å². The summed E-state index contributed by atoms with van der Waals surface area (Å²) in [5.41, 5.74) is 12.1. The highest BCUT2D eigenvalue weighted by Crippen LogP contribution is 2.54. The summed E-state index contributed by atoms with van der Waals surface area (Å²) in [7, 11) is 0. The van der Waals surface area contributed by atoms with Crippen LogP contribution in [0.2, 0.25) is 0 Å². The average molecular weight is 812 g/mol. The van der Waals surface area contributed by atoms with Crippen LogP contribution in [0.25, 0.3) is 131 Å². The van der Waals surface area contributed by atoms with Crippen molar-refractivity contribution in [3.63, 3.8) is 0 Å². The molecule has 4 heterocycles. The van der Waals surface area contributed by atoms with E-state index in [0.29, 0.717) is 5.56 Å². The first-order chi connectivity index (χ1) is 31.8. The minimum Gasteiger partial charge on any atom is -0.306 e. The van der Waals surface area contributed by atoms with E-state index in [0.717, 1.165) is 110 Å². The highest BCUT2D eigenvalue weighted by molar-refractivity contribution is 6.36. The van der Waals surface area contributed by atoms with Crippen molar-refractivity contribution < 1.29 is 0 Å². The third-order valence-electron chi connectivity index (χ3n) is 13.6. The summed E-state index contributed by atoms with van der Waals surface area (Å²) in [5.74, 6) is 0. The standard InChI is InChI=1S/C59H33N5/c60-30-44-58(63-47-28-14-26-42-38-22-10-12-24-40(38)45-31-61-33-49(63)56(45)54(42)47)52(36-18-6-2-7-19-36)51(35-16-4-1-5-17-35)53(37-20-8-3-9-21-37)59(44)64-48-29-15-27-43-39-23-11-13-25-41(39)46-32-62-34-50(64)57(46)55(43)48/h1-29,31-34H. The maximum absolute atomic E-state index is 12.3. The summed E-state index contributed by atoms with van der Waals surface area (Å²) in [4.78, 5) is 9.96. The first kappa shape index (κ1) is 34.8. The van der Waals surface area contributed by atoms with Gasteiger partial charge in [-0.25, -0.2) is 0 Å². The fraction of sp³-hybridized carbons (Fsp3) is 0. The second-order valence-corrected chi connectivity index (χ2v) is 16.7. The van der Waals surface area contributed by atoms with Gasteiger partial charge in [-0.15, -0.1) is 0 Å². The van der Waals surface area contributed by atoms with Crippen LogP contribution in [0.15, 0.2) is 201 Å². The van der Waals surface area contributed by atoms with Crippen LogP contribution in [-0.2, 0) is 0 Å². The third kappa shape index (κ3) is 4.50. The molecule has 0 saturated heterocycles. The minimum atomic E-state index is 0.551. The molecule has 0 atom stereocenters. The van der Waals surface area contributed by atoms with Gasteiger partial charge in [0, 0.05) is 61.4 Å². The number of hydrogen-bond donors (Lipinski definition) is 0. The number of rotatable bonds is 5. The topological polar surface area (TPSA) is 59.4 Å². The molecule has 0 aliphatic carbocycles. The molecule has 4 aromatic heterocycles. The van der Waals surface area contributed by atoms with E-state index in [2.05, 4.69) is 191 Å². The molecule has 0 radical (unpaired) electrons. The number of hydrogen-bond acceptors (Lipinski definition) is 3. The van der Waals surface area contributed by atoms with E-state index in [-0.39, 0.29) is 0 Å². The number of benzene rings is 10. The van der Waals surface area contributed by atoms with E-state index in [1.807, 2.05) is 24.8 Å². The van der Waals surface area contributed by atoms with Gasteiger partial charge < -0.3 is 9.13 Å². The third-order valence-corrected chi connectivity index (χ3v) is 13.6. The molecule has 14 aromatic rings. The maximum Gasteiger partial charge on any atom is 0.104 e. The van der Waals surface area contributed by atoms with Crippen molar-refractivity contribution in [3.8, 4) is 50.8 Å². The van der Waals surface area contributed by atoms with Crippen LogP contribution < -0.4 is 0 Å². The van der Waals surface area contributed by atoms with Gasteiger partial charge in [-0.1, -0.05) is 164 Å². The highest BCUT2D eigenvalue weighted by atomic mass is 15.0. The zero-order valence-electron chi connectivity index (χ0n) is 34.3. The van der Waals surface area contributed by atoms with E-state index in [1.165, 1.54) is 21.5 Å². The number of pyridine rings is 2. The summed E-state index contributed by atoms with van der Waals surface area (Å²) in [6.07, 6.45) is 7.98. The Morgan fingerprint density at radius 3 is 1.06 bits per heavy atom. The first-order valence-electron chi connectivity index (χ1n) is 21.6. The van der Waals surface area contributed by atoms with Gasteiger partial charge in [-0.3, -0.25) is 9.97 Å². The fourth-order valence-electron chi connectivity index (χ4n) is 11.2. The van der Waals surface area contributed by atoms with Crippen molar-refractivity contribution >= 4 is 86.7 Å². The molecule has 294 valence electrons. The van der Waals surface area contributed by atoms with Crippen LogP contribution in [-0.4, -0.2) is 19.1 Å². The lowest BCUT2D eigenvalue weighted by molar-refractivity contribution is 1.11. The molecule has 0 saturated carbocycles. The van der Waals surface area contributed by atoms with Gasteiger partial charge in [-0.2, -0.15) is 5.26 Å². The summed E-state index contributed by atoms with van der Waals surface area (Å²) in [6.45, 7) is 0. The molecule has 0 amide bonds. The molecule has 5 heteroatoms. The zero-order valence-corrected chi connectivity index (χ0v) is 34.3. The second kappa shape index (κ2) is 13.1. The van der Waals surface area contributed by atoms with E-state index in [9.17, 15) is 5.26 Å². The molecule has 5 nitrogen and oxygen atoms in total. The van der Waals surface area contributed by atoms with E-state index < -0.39 is 0 Å². The van der Waals surface area contributed by atoms with Gasteiger partial charge in [0.25, 0.3) is 0 Å². The Labute approximate surface area is 366 Å². The van der Waals surface area contributed by atoms with Gasteiger partial charge in [-0.05, 0) is 61.1 Å². The van der Waals surface area contributed by atoms with Crippen molar-refractivity contribution in [2.24, 2.45) is 0 Å². The molecule has 0 bridgehead atoms. The lowest BCUT2D eigenvalue weighted by Crippen LogP contribution is -2.11. The molecule has 10 aromatic carbocycles. The molecule has 64 heavy (non-hydrogen) atoms. The summed E-state index contributed by atoms with van der Waals surface area (Å²) in [5, 5.41) is 26.1. The Morgan fingerprint density at radius 2 is 0.656 bits per heavy atom. The molecule has 14 rings (SSSR count). The molecule has 0 spiro atoms. The summed E-state index contributed by atoms with van der Waals surface area (Å²) in [6, 6.07) is 65.3. The Morgan fingerprint density at radius 1 is 0.312 bits per heavy atom. The number of fused-ring (bicyclic) bond motifs is 6. The molecule has 0 unspecified atom stereocenters. The number of nitrogens with zero attached hydrogens (tertiary/aromatic N) is 5. The van der Waals surface area contributed by atoms with Crippen LogP contribution in [0.3, 0.4) is 0 Å². The Balaban J connectivity index is 1.30. The Hall–Kier alpha value is -8.85. The van der Waals surface area contributed by atoms with Crippen LogP contribution in [0.4, 0.5) is 0 Å². The molecule has 0 N–H and O–H groups in total. The van der Waals surface area contributed by atoms with Crippen molar-refractivity contribution in [3.05, 3.63) is 206 Å². The van der Waals surface area contributed by atoms with Crippen molar-refractivity contribution in [1.82, 2.24) is 19.1 Å². The van der Waals surface area contributed by atoms with Gasteiger partial charge in [0.15, 0.2) is 0 Å². The highest BCUT2D eigenvalue weighted by Gasteiger charge is 2.33. The maximum atomic E-state index is 12.3. The van der Waals surface area contributed by atoms with Crippen LogP contribution in [0, 0.1) is 11.3 Å². The molecule has 0 aliphatic heterocycles. The molecule has 0 aliphatic rings. The molecular formula is C59H33N5. The predicted molar refractivity (Wildman–Crippen MR) is 264 cm³/mol. The smallest absolute Gasteiger partial charge is 0.104 e. The van der Waals surface area contributed by atoms with E-state index in [1.54, 1.807) is 0 Å². The van der Waals surface area contributed by atoms with Crippen molar-refractivity contribution in [1.29, 1.82) is 5.26 Å². The van der Waals surface area contributed by atoms with E-state index >= 15 is 0 Å². The second-order valence-electron chi connectivity index (χ2n) is 16.7. The van der Waals surface area contributed by atoms with Crippen molar-refractivity contribution in [2.45, 2.75) is 0 Å². The van der Waals surface area contributed by atoms with Crippen LogP contribution in [0.1, 0.15) is 5.56 Å². The molecule has 0 fully saturated rings.